The van der Waals surface area contributed by atoms with Crippen LogP contribution in [-0.4, -0.2) is 10.9 Å². The van der Waals surface area contributed by atoms with E-state index < -0.39 is 17.2 Å². The van der Waals surface area contributed by atoms with Crippen LogP contribution in [0.15, 0.2) is 66.9 Å². The van der Waals surface area contributed by atoms with Gasteiger partial charge in [0.2, 0.25) is 5.91 Å². The number of carbonyl (C=O) groups is 1. The fourth-order valence-electron chi connectivity index (χ4n) is 4.00. The van der Waals surface area contributed by atoms with Crippen molar-refractivity contribution in [1.29, 1.82) is 0 Å². The van der Waals surface area contributed by atoms with Crippen molar-refractivity contribution in [2.75, 3.05) is 0 Å². The molecular weight excluding hydrogens is 448 g/mol. The molecule has 0 aliphatic heterocycles. The van der Waals surface area contributed by atoms with Gasteiger partial charge in [-0.15, -0.1) is 0 Å². The Morgan fingerprint density at radius 3 is 2.47 bits per heavy atom. The number of nitrogens with one attached hydrogen (secondary N) is 1. The lowest BCUT2D eigenvalue weighted by atomic mass is 9.94. The van der Waals surface area contributed by atoms with Crippen LogP contribution in [0.2, 0.25) is 0 Å². The van der Waals surface area contributed by atoms with E-state index in [0.29, 0.717) is 29.0 Å². The van der Waals surface area contributed by atoms with Crippen LogP contribution < -0.4 is 10.1 Å². The minimum Gasteiger partial charge on any atom is -0.487 e. The second-order valence-electron chi connectivity index (χ2n) is 8.78. The molecule has 178 valence electrons. The maximum absolute atomic E-state index is 13.7. The largest absolute Gasteiger partial charge is 0.487 e. The van der Waals surface area contributed by atoms with Gasteiger partial charge in [-0.05, 0) is 49.2 Å². The molecule has 1 aromatic heterocycles. The number of amides is 1. The zero-order valence-corrected chi connectivity index (χ0v) is 18.7. The summed E-state index contributed by atoms with van der Waals surface area (Å²) in [6.45, 7) is 3.76. The summed E-state index contributed by atoms with van der Waals surface area (Å²) in [5.41, 5.74) is 0.577. The second kappa shape index (κ2) is 9.08. The third-order valence-corrected chi connectivity index (χ3v) is 6.34. The van der Waals surface area contributed by atoms with E-state index >= 15 is 0 Å². The van der Waals surface area contributed by atoms with Crippen LogP contribution in [0.5, 0.6) is 5.75 Å². The Morgan fingerprint density at radius 1 is 1.15 bits per heavy atom. The quantitative estimate of drug-likeness (QED) is 0.431. The van der Waals surface area contributed by atoms with Crippen molar-refractivity contribution >= 4 is 5.91 Å². The van der Waals surface area contributed by atoms with E-state index in [-0.39, 0.29) is 30.3 Å². The zero-order valence-electron chi connectivity index (χ0n) is 18.7. The van der Waals surface area contributed by atoms with Gasteiger partial charge in [-0.2, -0.15) is 13.2 Å². The van der Waals surface area contributed by atoms with Crippen molar-refractivity contribution in [2.45, 2.75) is 44.5 Å². The van der Waals surface area contributed by atoms with Crippen molar-refractivity contribution in [3.63, 3.8) is 0 Å². The third kappa shape index (κ3) is 5.05. The Balaban J connectivity index is 1.32. The van der Waals surface area contributed by atoms with Crippen LogP contribution >= 0.6 is 0 Å². The summed E-state index contributed by atoms with van der Waals surface area (Å²) in [5.74, 6) is -0.360. The average Bonchev–Trinajstić information content (AvgIpc) is 3.51. The number of alkyl halides is 3. The Morgan fingerprint density at radius 2 is 1.85 bits per heavy atom. The van der Waals surface area contributed by atoms with Gasteiger partial charge in [-0.1, -0.05) is 37.3 Å². The van der Waals surface area contributed by atoms with Gasteiger partial charge >= 0.3 is 6.18 Å². The first-order chi connectivity index (χ1) is 16.1. The van der Waals surface area contributed by atoms with E-state index in [1.54, 1.807) is 37.3 Å². The number of aromatic nitrogens is 1. The molecule has 0 radical (unpaired) electrons. The first-order valence-electron chi connectivity index (χ1n) is 10.9. The van der Waals surface area contributed by atoms with E-state index in [2.05, 4.69) is 10.3 Å². The van der Waals surface area contributed by atoms with E-state index in [1.807, 2.05) is 6.92 Å². The van der Waals surface area contributed by atoms with Gasteiger partial charge in [0.05, 0.1) is 23.5 Å². The summed E-state index contributed by atoms with van der Waals surface area (Å²) in [6, 6.07) is 14.4. The lowest BCUT2D eigenvalue weighted by Gasteiger charge is -2.17. The number of nitrogens with zero attached hydrogens (tertiary/aromatic N) is 1. The molecule has 8 heteroatoms. The van der Waals surface area contributed by atoms with E-state index in [9.17, 15) is 22.4 Å². The maximum Gasteiger partial charge on any atom is 0.416 e. The predicted molar refractivity (Wildman–Crippen MR) is 118 cm³/mol. The molecule has 1 amide bonds. The third-order valence-electron chi connectivity index (χ3n) is 6.34. The van der Waals surface area contributed by atoms with E-state index in [0.717, 1.165) is 12.1 Å². The van der Waals surface area contributed by atoms with Gasteiger partial charge in [-0.3, -0.25) is 9.78 Å². The predicted octanol–water partition coefficient (Wildman–Crippen LogP) is 5.97. The number of halogens is 4. The van der Waals surface area contributed by atoms with Gasteiger partial charge in [0.15, 0.2) is 0 Å². The van der Waals surface area contributed by atoms with Gasteiger partial charge in [0.1, 0.15) is 18.2 Å². The molecular formula is C26H24F4N2O2. The van der Waals surface area contributed by atoms with Crippen LogP contribution in [0, 0.1) is 11.7 Å². The number of benzene rings is 2. The van der Waals surface area contributed by atoms with Gasteiger partial charge in [0, 0.05) is 16.9 Å². The number of rotatable bonds is 7. The summed E-state index contributed by atoms with van der Waals surface area (Å²) >= 11 is 0. The average molecular weight is 472 g/mol. The first kappa shape index (κ1) is 23.7. The number of pyridine rings is 1. The molecule has 2 aromatic carbocycles. The van der Waals surface area contributed by atoms with Gasteiger partial charge < -0.3 is 10.1 Å². The Labute approximate surface area is 195 Å². The molecule has 1 aliphatic rings. The van der Waals surface area contributed by atoms with Crippen LogP contribution in [0.1, 0.15) is 48.7 Å². The number of carbonyl (C=O) groups excluding carboxylic acids is 1. The molecule has 0 spiro atoms. The fourth-order valence-corrected chi connectivity index (χ4v) is 4.00. The van der Waals surface area contributed by atoms with E-state index in [1.165, 1.54) is 24.4 Å². The topological polar surface area (TPSA) is 51.2 Å². The lowest BCUT2D eigenvalue weighted by molar-refractivity contribution is -0.137. The molecule has 1 heterocycles. The van der Waals surface area contributed by atoms with Crippen LogP contribution in [0.4, 0.5) is 17.6 Å². The SMILES string of the molecule is C[C@@H](NC(=O)[C@H]1C[C@]1(C)c1ccc(C(F)(F)F)cc1)c1ccc(OCc2ccccc2F)cn1. The molecule has 4 nitrogen and oxygen atoms in total. The molecule has 1 saturated carbocycles. The van der Waals surface area contributed by atoms with Crippen LogP contribution in [-0.2, 0) is 23.0 Å². The number of ether oxygens (including phenoxy) is 1. The fraction of sp³-hybridized carbons (Fsp3) is 0.308. The molecule has 0 saturated heterocycles. The van der Waals surface area contributed by atoms with Crippen molar-refractivity contribution in [3.05, 3.63) is 95.1 Å². The summed E-state index contributed by atoms with van der Waals surface area (Å²) in [6.07, 6.45) is -2.31. The van der Waals surface area contributed by atoms with Gasteiger partial charge in [0.25, 0.3) is 0 Å². The van der Waals surface area contributed by atoms with Gasteiger partial charge in [-0.25, -0.2) is 4.39 Å². The van der Waals surface area contributed by atoms with Crippen molar-refractivity contribution in [2.24, 2.45) is 5.92 Å². The molecule has 1 fully saturated rings. The van der Waals surface area contributed by atoms with Crippen molar-refractivity contribution in [1.82, 2.24) is 10.3 Å². The monoisotopic (exact) mass is 472 g/mol. The summed E-state index contributed by atoms with van der Waals surface area (Å²) in [4.78, 5) is 17.1. The Hall–Kier alpha value is -3.42. The highest BCUT2D eigenvalue weighted by atomic mass is 19.4. The van der Waals surface area contributed by atoms with Crippen molar-refractivity contribution in [3.8, 4) is 5.75 Å². The normalized spacial score (nSPS) is 20.5. The minimum atomic E-state index is -4.39. The zero-order chi connectivity index (χ0) is 24.5. The maximum atomic E-state index is 13.7. The Kier molecular flexibility index (Phi) is 6.34. The molecule has 1 N–H and O–H groups in total. The first-order valence-corrected chi connectivity index (χ1v) is 10.9. The standard InChI is InChI=1S/C26H24F4N2O2/c1-16(23-12-11-20(14-31-23)34-15-17-5-3-4-6-22(17)27)32-24(33)21-13-25(21,2)18-7-9-19(10-8-18)26(28,29)30/h3-12,14,16,21H,13,15H2,1-2H3,(H,32,33)/t16-,21-,25-/m1/s1. The highest BCUT2D eigenvalue weighted by Crippen LogP contribution is 2.54. The molecule has 3 atom stereocenters. The molecule has 0 bridgehead atoms. The number of hydrogen-bond donors (Lipinski definition) is 1. The summed E-state index contributed by atoms with van der Waals surface area (Å²) in [5, 5.41) is 2.93. The van der Waals surface area contributed by atoms with Crippen LogP contribution in [0.25, 0.3) is 0 Å². The molecule has 1 aliphatic carbocycles. The molecule has 4 rings (SSSR count). The molecule has 0 unspecified atom stereocenters. The van der Waals surface area contributed by atoms with Crippen LogP contribution in [0.3, 0.4) is 0 Å². The second-order valence-corrected chi connectivity index (χ2v) is 8.78. The minimum absolute atomic E-state index is 0.0736. The summed E-state index contributed by atoms with van der Waals surface area (Å²) in [7, 11) is 0. The van der Waals surface area contributed by atoms with E-state index in [4.69, 9.17) is 4.74 Å². The molecule has 3 aromatic rings. The summed E-state index contributed by atoms with van der Waals surface area (Å²) < 4.78 is 57.7. The Bertz CT molecular complexity index is 1160. The molecule has 34 heavy (non-hydrogen) atoms. The number of hydrogen-bond acceptors (Lipinski definition) is 3. The highest BCUT2D eigenvalue weighted by Gasteiger charge is 2.55. The van der Waals surface area contributed by atoms with Crippen molar-refractivity contribution < 1.29 is 27.1 Å². The lowest BCUT2D eigenvalue weighted by Crippen LogP contribution is -2.30. The highest BCUT2D eigenvalue weighted by molar-refractivity contribution is 5.84. The smallest absolute Gasteiger partial charge is 0.416 e.